The molecule has 0 aliphatic carbocycles. The van der Waals surface area contributed by atoms with Gasteiger partial charge in [-0.2, -0.15) is 0 Å². The number of thiazole rings is 1. The zero-order valence-electron chi connectivity index (χ0n) is 13.7. The van der Waals surface area contributed by atoms with Gasteiger partial charge in [0.25, 0.3) is 0 Å². The minimum atomic E-state index is 0.411. The highest BCUT2D eigenvalue weighted by molar-refractivity contribution is 7.09. The summed E-state index contributed by atoms with van der Waals surface area (Å²) in [4.78, 5) is 16.5. The van der Waals surface area contributed by atoms with E-state index in [1.54, 1.807) is 11.3 Å². The summed E-state index contributed by atoms with van der Waals surface area (Å²) in [6.45, 7) is 3.91. The molecule has 1 saturated heterocycles. The molecule has 1 aromatic carbocycles. The van der Waals surface area contributed by atoms with Crippen molar-refractivity contribution in [3.05, 3.63) is 64.5 Å². The standard InChI is InChI=1S/C19H20N4S/c1-14-12-16(15-6-3-2-4-7-15)22-18(21-14)13-23-10-5-8-17(23)19-20-9-11-24-19/h2-4,6-7,9,11-12,17H,5,8,10,13H2,1H3/t17-/m1/s1. The van der Waals surface area contributed by atoms with Gasteiger partial charge in [0.05, 0.1) is 18.3 Å². The van der Waals surface area contributed by atoms with Crippen molar-refractivity contribution < 1.29 is 0 Å². The van der Waals surface area contributed by atoms with Gasteiger partial charge in [-0.05, 0) is 32.4 Å². The molecule has 1 fully saturated rings. The summed E-state index contributed by atoms with van der Waals surface area (Å²) in [5.74, 6) is 0.900. The van der Waals surface area contributed by atoms with Crippen LogP contribution in [0.15, 0.2) is 48.0 Å². The van der Waals surface area contributed by atoms with E-state index in [0.29, 0.717) is 6.04 Å². The lowest BCUT2D eigenvalue weighted by molar-refractivity contribution is 0.241. The zero-order chi connectivity index (χ0) is 16.4. The fraction of sp³-hybridized carbons (Fsp3) is 0.316. The van der Waals surface area contributed by atoms with Crippen LogP contribution in [0.2, 0.25) is 0 Å². The monoisotopic (exact) mass is 336 g/mol. The SMILES string of the molecule is Cc1cc(-c2ccccc2)nc(CN2CCC[C@@H]2c2nccs2)n1. The Kier molecular flexibility index (Phi) is 4.36. The first-order valence-corrected chi connectivity index (χ1v) is 9.21. The van der Waals surface area contributed by atoms with Gasteiger partial charge in [-0.1, -0.05) is 30.3 Å². The molecular weight excluding hydrogens is 316 g/mol. The molecule has 1 aliphatic rings. The minimum absolute atomic E-state index is 0.411. The fourth-order valence-electron chi connectivity index (χ4n) is 3.33. The number of hydrogen-bond acceptors (Lipinski definition) is 5. The topological polar surface area (TPSA) is 41.9 Å². The molecule has 0 spiro atoms. The summed E-state index contributed by atoms with van der Waals surface area (Å²) in [5.41, 5.74) is 3.16. The van der Waals surface area contributed by atoms with E-state index in [9.17, 15) is 0 Å². The Morgan fingerprint density at radius 2 is 2.08 bits per heavy atom. The molecule has 2 aromatic heterocycles. The first-order chi connectivity index (χ1) is 11.8. The number of aromatic nitrogens is 3. The lowest BCUT2D eigenvalue weighted by Gasteiger charge is -2.22. The Morgan fingerprint density at radius 1 is 1.21 bits per heavy atom. The molecule has 0 N–H and O–H groups in total. The normalized spacial score (nSPS) is 18.1. The number of rotatable bonds is 4. The van der Waals surface area contributed by atoms with Gasteiger partial charge < -0.3 is 0 Å². The van der Waals surface area contributed by atoms with Crippen molar-refractivity contribution in [2.45, 2.75) is 32.4 Å². The molecule has 4 nitrogen and oxygen atoms in total. The van der Waals surface area contributed by atoms with Crippen molar-refractivity contribution in [1.82, 2.24) is 19.9 Å². The number of likely N-dealkylation sites (tertiary alicyclic amines) is 1. The van der Waals surface area contributed by atoms with Crippen LogP contribution in [0.3, 0.4) is 0 Å². The fourth-order valence-corrected chi connectivity index (χ4v) is 4.14. The van der Waals surface area contributed by atoms with Crippen LogP contribution in [0.1, 0.15) is 35.4 Å². The van der Waals surface area contributed by atoms with E-state index in [-0.39, 0.29) is 0 Å². The Morgan fingerprint density at radius 3 is 2.88 bits per heavy atom. The molecule has 122 valence electrons. The van der Waals surface area contributed by atoms with Crippen molar-refractivity contribution in [3.63, 3.8) is 0 Å². The molecule has 0 amide bonds. The predicted molar refractivity (Wildman–Crippen MR) is 96.7 cm³/mol. The number of benzene rings is 1. The third-order valence-electron chi connectivity index (χ3n) is 4.41. The Bertz CT molecular complexity index is 801. The minimum Gasteiger partial charge on any atom is -0.286 e. The van der Waals surface area contributed by atoms with Crippen molar-refractivity contribution >= 4 is 11.3 Å². The van der Waals surface area contributed by atoms with E-state index >= 15 is 0 Å². The number of nitrogens with zero attached hydrogens (tertiary/aromatic N) is 4. The smallest absolute Gasteiger partial charge is 0.143 e. The molecule has 1 aliphatic heterocycles. The zero-order valence-corrected chi connectivity index (χ0v) is 14.5. The molecule has 0 unspecified atom stereocenters. The molecule has 0 saturated carbocycles. The van der Waals surface area contributed by atoms with Crippen LogP contribution in [0, 0.1) is 6.92 Å². The highest BCUT2D eigenvalue weighted by Gasteiger charge is 2.28. The lowest BCUT2D eigenvalue weighted by atomic mass is 10.1. The molecule has 3 heterocycles. The first-order valence-electron chi connectivity index (χ1n) is 8.33. The van der Waals surface area contributed by atoms with Gasteiger partial charge in [0.1, 0.15) is 10.8 Å². The molecule has 5 heteroatoms. The molecule has 24 heavy (non-hydrogen) atoms. The van der Waals surface area contributed by atoms with Gasteiger partial charge in [0, 0.05) is 22.8 Å². The van der Waals surface area contributed by atoms with E-state index in [1.807, 2.05) is 31.3 Å². The second-order valence-corrected chi connectivity index (χ2v) is 7.10. The van der Waals surface area contributed by atoms with Crippen LogP contribution >= 0.6 is 11.3 Å². The summed E-state index contributed by atoms with van der Waals surface area (Å²) in [7, 11) is 0. The largest absolute Gasteiger partial charge is 0.286 e. The van der Waals surface area contributed by atoms with Gasteiger partial charge in [-0.25, -0.2) is 15.0 Å². The summed E-state index contributed by atoms with van der Waals surface area (Å²) in [6.07, 6.45) is 4.28. The van der Waals surface area contributed by atoms with Gasteiger partial charge in [0.15, 0.2) is 0 Å². The predicted octanol–water partition coefficient (Wildman–Crippen LogP) is 4.25. The van der Waals surface area contributed by atoms with E-state index in [1.165, 1.54) is 17.8 Å². The van der Waals surface area contributed by atoms with Gasteiger partial charge >= 0.3 is 0 Å². The van der Waals surface area contributed by atoms with Gasteiger partial charge in [-0.15, -0.1) is 11.3 Å². The highest BCUT2D eigenvalue weighted by Crippen LogP contribution is 2.33. The maximum atomic E-state index is 4.81. The maximum absolute atomic E-state index is 4.81. The van der Waals surface area contributed by atoms with E-state index in [4.69, 9.17) is 4.98 Å². The third-order valence-corrected chi connectivity index (χ3v) is 5.29. The Labute approximate surface area is 146 Å². The van der Waals surface area contributed by atoms with E-state index in [2.05, 4.69) is 38.4 Å². The summed E-state index contributed by atoms with van der Waals surface area (Å²) >= 11 is 1.74. The van der Waals surface area contributed by atoms with Crippen LogP contribution in [0.25, 0.3) is 11.3 Å². The number of aryl methyl sites for hydroxylation is 1. The maximum Gasteiger partial charge on any atom is 0.143 e. The van der Waals surface area contributed by atoms with Crippen molar-refractivity contribution in [1.29, 1.82) is 0 Å². The molecule has 4 rings (SSSR count). The summed E-state index contributed by atoms with van der Waals surface area (Å²) < 4.78 is 0. The van der Waals surface area contributed by atoms with E-state index in [0.717, 1.165) is 35.9 Å². The van der Waals surface area contributed by atoms with Crippen molar-refractivity contribution in [3.8, 4) is 11.3 Å². The molecule has 0 radical (unpaired) electrons. The van der Waals surface area contributed by atoms with Crippen LogP contribution in [0.4, 0.5) is 0 Å². The second kappa shape index (κ2) is 6.79. The van der Waals surface area contributed by atoms with Crippen LogP contribution in [-0.2, 0) is 6.54 Å². The van der Waals surface area contributed by atoms with Crippen molar-refractivity contribution in [2.75, 3.05) is 6.54 Å². The summed E-state index contributed by atoms with van der Waals surface area (Å²) in [5, 5.41) is 3.27. The summed E-state index contributed by atoms with van der Waals surface area (Å²) in [6, 6.07) is 12.8. The Balaban J connectivity index is 1.59. The first kappa shape index (κ1) is 15.4. The average Bonchev–Trinajstić information content (AvgIpc) is 3.26. The molecule has 3 aromatic rings. The Hall–Kier alpha value is -2.11. The average molecular weight is 336 g/mol. The molecule has 0 bridgehead atoms. The second-order valence-electron chi connectivity index (χ2n) is 6.18. The van der Waals surface area contributed by atoms with Crippen LogP contribution < -0.4 is 0 Å². The van der Waals surface area contributed by atoms with Gasteiger partial charge in [0.2, 0.25) is 0 Å². The highest BCUT2D eigenvalue weighted by atomic mass is 32.1. The quantitative estimate of drug-likeness (QED) is 0.714. The third kappa shape index (κ3) is 3.23. The molecular formula is C19H20N4S. The number of hydrogen-bond donors (Lipinski definition) is 0. The van der Waals surface area contributed by atoms with Crippen LogP contribution in [-0.4, -0.2) is 26.4 Å². The van der Waals surface area contributed by atoms with Crippen molar-refractivity contribution in [2.24, 2.45) is 0 Å². The van der Waals surface area contributed by atoms with Crippen LogP contribution in [0.5, 0.6) is 0 Å². The van der Waals surface area contributed by atoms with E-state index < -0.39 is 0 Å². The van der Waals surface area contributed by atoms with Gasteiger partial charge in [-0.3, -0.25) is 4.90 Å². The lowest BCUT2D eigenvalue weighted by Crippen LogP contribution is -2.24. The molecule has 1 atom stereocenters.